The second kappa shape index (κ2) is 6.87. The van der Waals surface area contributed by atoms with Gasteiger partial charge >= 0.3 is 0 Å². The van der Waals surface area contributed by atoms with Gasteiger partial charge in [-0.25, -0.2) is 9.97 Å². The van der Waals surface area contributed by atoms with Crippen molar-refractivity contribution in [3.8, 4) is 11.6 Å². The summed E-state index contributed by atoms with van der Waals surface area (Å²) in [5.41, 5.74) is 1.40. The number of ether oxygens (including phenoxy) is 2. The summed E-state index contributed by atoms with van der Waals surface area (Å²) in [6.07, 6.45) is 1.48. The average Bonchev–Trinajstić information content (AvgIpc) is 2.59. The molecule has 0 saturated heterocycles. The maximum Gasteiger partial charge on any atom is 0.224 e. The fourth-order valence-electron chi connectivity index (χ4n) is 2.27. The highest BCUT2D eigenvalue weighted by atomic mass is 16.5. The highest BCUT2D eigenvalue weighted by molar-refractivity contribution is 5.96. The molecule has 0 aliphatic heterocycles. The van der Waals surface area contributed by atoms with Crippen LogP contribution in [0.5, 0.6) is 11.6 Å². The Morgan fingerprint density at radius 3 is 2.57 bits per heavy atom. The topological polar surface area (TPSA) is 61.3 Å². The summed E-state index contributed by atoms with van der Waals surface area (Å²) >= 11 is 0. The van der Waals surface area contributed by atoms with Crippen LogP contribution in [0.3, 0.4) is 0 Å². The number of benzene rings is 2. The molecule has 23 heavy (non-hydrogen) atoms. The maximum absolute atomic E-state index is 11.5. The van der Waals surface area contributed by atoms with Gasteiger partial charge in [0, 0.05) is 0 Å². The van der Waals surface area contributed by atoms with Crippen molar-refractivity contribution in [2.45, 2.75) is 6.92 Å². The highest BCUT2D eigenvalue weighted by Crippen LogP contribution is 2.21. The Morgan fingerprint density at radius 1 is 0.957 bits per heavy atom. The van der Waals surface area contributed by atoms with E-state index in [1.54, 1.807) is 12.1 Å². The highest BCUT2D eigenvalue weighted by Gasteiger charge is 2.08. The van der Waals surface area contributed by atoms with Gasteiger partial charge in [0.05, 0.1) is 16.5 Å². The lowest BCUT2D eigenvalue weighted by Gasteiger charge is -2.11. The van der Waals surface area contributed by atoms with Gasteiger partial charge in [-0.05, 0) is 31.2 Å². The molecule has 5 nitrogen and oxygen atoms in total. The minimum atomic E-state index is -0.0247. The zero-order valence-electron chi connectivity index (χ0n) is 12.7. The molecular formula is C18H16N2O3. The molecule has 0 aliphatic carbocycles. The summed E-state index contributed by atoms with van der Waals surface area (Å²) in [5, 5.41) is 0.860. The monoisotopic (exact) mass is 308 g/mol. The van der Waals surface area contributed by atoms with Crippen LogP contribution >= 0.6 is 0 Å². The first-order chi connectivity index (χ1) is 11.3. The predicted molar refractivity (Wildman–Crippen MR) is 87.0 cm³/mol. The lowest BCUT2D eigenvalue weighted by atomic mass is 10.1. The molecule has 0 atom stereocenters. The molecule has 1 heterocycles. The Morgan fingerprint density at radius 2 is 1.70 bits per heavy atom. The first kappa shape index (κ1) is 15.0. The molecule has 0 spiro atoms. The van der Waals surface area contributed by atoms with Gasteiger partial charge in [-0.15, -0.1) is 0 Å². The van der Waals surface area contributed by atoms with Crippen molar-refractivity contribution in [1.82, 2.24) is 9.97 Å². The largest absolute Gasteiger partial charge is 0.489 e. The number of ketones is 1. The van der Waals surface area contributed by atoms with Gasteiger partial charge in [0.1, 0.15) is 25.3 Å². The number of hydrogen-bond donors (Lipinski definition) is 0. The van der Waals surface area contributed by atoms with E-state index in [1.807, 2.05) is 36.4 Å². The first-order valence-corrected chi connectivity index (χ1v) is 7.31. The summed E-state index contributed by atoms with van der Waals surface area (Å²) in [4.78, 5) is 19.9. The number of carbonyl (C=O) groups excluding carboxylic acids is 1. The SMILES string of the molecule is CC(=O)c1ccccc1OCCOc1ncnc2ccccc12. The number of Topliss-reactive ketones (excluding diaryl/α,β-unsaturated/α-hetero) is 1. The number of carbonyl (C=O) groups is 1. The van der Waals surface area contributed by atoms with Crippen molar-refractivity contribution in [1.29, 1.82) is 0 Å². The number of fused-ring (bicyclic) bond motifs is 1. The second-order valence-corrected chi connectivity index (χ2v) is 4.95. The lowest BCUT2D eigenvalue weighted by molar-refractivity contribution is 0.101. The van der Waals surface area contributed by atoms with Crippen LogP contribution in [-0.4, -0.2) is 29.0 Å². The summed E-state index contributed by atoms with van der Waals surface area (Å²) in [7, 11) is 0. The molecule has 0 amide bonds. The van der Waals surface area contributed by atoms with Crippen LogP contribution in [-0.2, 0) is 0 Å². The first-order valence-electron chi connectivity index (χ1n) is 7.31. The molecule has 3 rings (SSSR count). The number of rotatable bonds is 6. The van der Waals surface area contributed by atoms with Crippen LogP contribution in [0.4, 0.5) is 0 Å². The molecule has 0 bridgehead atoms. The molecule has 3 aromatic rings. The van der Waals surface area contributed by atoms with E-state index in [9.17, 15) is 4.79 Å². The van der Waals surface area contributed by atoms with Gasteiger partial charge in [0.25, 0.3) is 0 Å². The minimum absolute atomic E-state index is 0.0247. The van der Waals surface area contributed by atoms with Crippen LogP contribution in [0.25, 0.3) is 10.9 Å². The van der Waals surface area contributed by atoms with Crippen LogP contribution in [0.15, 0.2) is 54.9 Å². The number of nitrogens with zero attached hydrogens (tertiary/aromatic N) is 2. The lowest BCUT2D eigenvalue weighted by Crippen LogP contribution is -2.11. The molecule has 5 heteroatoms. The smallest absolute Gasteiger partial charge is 0.224 e. The van der Waals surface area contributed by atoms with E-state index in [1.165, 1.54) is 13.3 Å². The van der Waals surface area contributed by atoms with Gasteiger partial charge in [-0.2, -0.15) is 0 Å². The second-order valence-electron chi connectivity index (χ2n) is 4.95. The third kappa shape index (κ3) is 3.45. The van der Waals surface area contributed by atoms with Gasteiger partial charge < -0.3 is 9.47 Å². The van der Waals surface area contributed by atoms with Crippen molar-refractivity contribution in [2.75, 3.05) is 13.2 Å². The Labute approximate surface area is 133 Å². The summed E-state index contributed by atoms with van der Waals surface area (Å²) in [6.45, 7) is 2.17. The van der Waals surface area contributed by atoms with Gasteiger partial charge in [0.15, 0.2) is 5.78 Å². The fraction of sp³-hybridized carbons (Fsp3) is 0.167. The average molecular weight is 308 g/mol. The number of hydrogen-bond acceptors (Lipinski definition) is 5. The van der Waals surface area contributed by atoms with E-state index in [4.69, 9.17) is 9.47 Å². The minimum Gasteiger partial charge on any atom is -0.489 e. The molecule has 0 unspecified atom stereocenters. The molecule has 0 saturated carbocycles. The Balaban J connectivity index is 1.63. The van der Waals surface area contributed by atoms with E-state index < -0.39 is 0 Å². The predicted octanol–water partition coefficient (Wildman–Crippen LogP) is 3.29. The van der Waals surface area contributed by atoms with E-state index in [0.29, 0.717) is 30.4 Å². The Kier molecular flexibility index (Phi) is 4.47. The molecule has 1 aromatic heterocycles. The third-order valence-corrected chi connectivity index (χ3v) is 3.35. The van der Waals surface area contributed by atoms with Crippen molar-refractivity contribution in [3.05, 3.63) is 60.4 Å². The van der Waals surface area contributed by atoms with Crippen LogP contribution < -0.4 is 9.47 Å². The maximum atomic E-state index is 11.5. The molecule has 0 fully saturated rings. The molecule has 116 valence electrons. The fourth-order valence-corrected chi connectivity index (χ4v) is 2.27. The van der Waals surface area contributed by atoms with Crippen molar-refractivity contribution in [3.63, 3.8) is 0 Å². The van der Waals surface area contributed by atoms with Gasteiger partial charge in [-0.1, -0.05) is 24.3 Å². The van der Waals surface area contributed by atoms with Crippen LogP contribution in [0.2, 0.25) is 0 Å². The van der Waals surface area contributed by atoms with E-state index >= 15 is 0 Å². The standard InChI is InChI=1S/C18H16N2O3/c1-13(21)14-6-3-5-9-17(14)22-10-11-23-18-15-7-2-4-8-16(15)19-12-20-18/h2-9,12H,10-11H2,1H3. The summed E-state index contributed by atoms with van der Waals surface area (Å²) < 4.78 is 11.3. The number of aromatic nitrogens is 2. The van der Waals surface area contributed by atoms with Crippen LogP contribution in [0.1, 0.15) is 17.3 Å². The van der Waals surface area contributed by atoms with Gasteiger partial charge in [-0.3, -0.25) is 4.79 Å². The molecule has 0 radical (unpaired) electrons. The van der Waals surface area contributed by atoms with Crippen molar-refractivity contribution < 1.29 is 14.3 Å². The van der Waals surface area contributed by atoms with E-state index in [2.05, 4.69) is 9.97 Å². The number of para-hydroxylation sites is 2. The molecule has 0 N–H and O–H groups in total. The zero-order valence-corrected chi connectivity index (χ0v) is 12.7. The van der Waals surface area contributed by atoms with E-state index in [-0.39, 0.29) is 5.78 Å². The molecular weight excluding hydrogens is 292 g/mol. The quantitative estimate of drug-likeness (QED) is 0.516. The molecule has 2 aromatic carbocycles. The Hall–Kier alpha value is -2.95. The van der Waals surface area contributed by atoms with Gasteiger partial charge in [0.2, 0.25) is 5.88 Å². The Bertz CT molecular complexity index is 828. The van der Waals surface area contributed by atoms with Crippen molar-refractivity contribution >= 4 is 16.7 Å². The zero-order chi connectivity index (χ0) is 16.1. The normalized spacial score (nSPS) is 10.5. The summed E-state index contributed by atoms with van der Waals surface area (Å²) in [6, 6.07) is 14.8. The molecule has 0 aliphatic rings. The van der Waals surface area contributed by atoms with E-state index in [0.717, 1.165) is 10.9 Å². The third-order valence-electron chi connectivity index (χ3n) is 3.35. The van der Waals surface area contributed by atoms with Crippen LogP contribution in [0, 0.1) is 0 Å². The summed E-state index contributed by atoms with van der Waals surface area (Å²) in [5.74, 6) is 1.07. The van der Waals surface area contributed by atoms with Crippen molar-refractivity contribution in [2.24, 2.45) is 0 Å².